The molecule has 1 fully saturated rings. The third-order valence-corrected chi connectivity index (χ3v) is 5.78. The number of thiophene rings is 1. The van der Waals surface area contributed by atoms with Crippen LogP contribution >= 0.6 is 27.3 Å². The summed E-state index contributed by atoms with van der Waals surface area (Å²) in [4.78, 5) is 25.4. The molecule has 2 unspecified atom stereocenters. The van der Waals surface area contributed by atoms with Gasteiger partial charge in [-0.1, -0.05) is 6.42 Å². The molecule has 24 heavy (non-hydrogen) atoms. The molecule has 3 amide bonds. The predicted molar refractivity (Wildman–Crippen MR) is 101 cm³/mol. The molecular formula is C17H26BrN3O2S. The number of carbonyl (C=O) groups excluding carboxylic acids is 2. The van der Waals surface area contributed by atoms with Crippen LogP contribution in [0.15, 0.2) is 15.9 Å². The quantitative estimate of drug-likeness (QED) is 0.665. The maximum absolute atomic E-state index is 12.1. The molecule has 1 aromatic rings. The summed E-state index contributed by atoms with van der Waals surface area (Å²) >= 11 is 5.12. The van der Waals surface area contributed by atoms with Crippen molar-refractivity contribution in [1.82, 2.24) is 16.0 Å². The lowest BCUT2D eigenvalue weighted by atomic mass is 9.85. The maximum Gasteiger partial charge on any atom is 0.315 e. The number of nitrogens with one attached hydrogen (secondary N) is 3. The first kappa shape index (κ1) is 19.2. The van der Waals surface area contributed by atoms with E-state index >= 15 is 0 Å². The molecule has 0 radical (unpaired) electrons. The molecule has 1 aliphatic rings. The molecule has 0 aromatic carbocycles. The van der Waals surface area contributed by atoms with Gasteiger partial charge in [0.05, 0.1) is 3.79 Å². The second-order valence-electron chi connectivity index (χ2n) is 6.58. The fourth-order valence-electron chi connectivity index (χ4n) is 2.98. The molecule has 1 saturated carbocycles. The summed E-state index contributed by atoms with van der Waals surface area (Å²) in [5.41, 5.74) is 0. The summed E-state index contributed by atoms with van der Waals surface area (Å²) < 4.78 is 1.11. The number of carbonyl (C=O) groups is 2. The number of hydrogen-bond donors (Lipinski definition) is 3. The number of hydrogen-bond acceptors (Lipinski definition) is 3. The van der Waals surface area contributed by atoms with E-state index in [1.807, 2.05) is 19.9 Å². The Morgan fingerprint density at radius 3 is 2.79 bits per heavy atom. The Morgan fingerprint density at radius 2 is 2.12 bits per heavy atom. The van der Waals surface area contributed by atoms with Gasteiger partial charge >= 0.3 is 6.03 Å². The van der Waals surface area contributed by atoms with Crippen molar-refractivity contribution in [2.24, 2.45) is 5.92 Å². The highest BCUT2D eigenvalue weighted by molar-refractivity contribution is 9.11. The summed E-state index contributed by atoms with van der Waals surface area (Å²) in [5, 5.41) is 8.89. The first-order valence-corrected chi connectivity index (χ1v) is 10.1. The summed E-state index contributed by atoms with van der Waals surface area (Å²) in [6.07, 6.45) is 4.38. The fourth-order valence-corrected chi connectivity index (χ4v) is 4.47. The zero-order chi connectivity index (χ0) is 17.5. The van der Waals surface area contributed by atoms with Crippen molar-refractivity contribution in [1.29, 1.82) is 0 Å². The van der Waals surface area contributed by atoms with Crippen LogP contribution in [0.1, 0.15) is 44.4 Å². The van der Waals surface area contributed by atoms with Crippen LogP contribution in [0.3, 0.4) is 0 Å². The van der Waals surface area contributed by atoms with Gasteiger partial charge < -0.3 is 16.0 Å². The van der Waals surface area contributed by atoms with Crippen LogP contribution in [0, 0.1) is 5.92 Å². The van der Waals surface area contributed by atoms with Gasteiger partial charge in [-0.05, 0) is 67.6 Å². The minimum absolute atomic E-state index is 0.00918. The van der Waals surface area contributed by atoms with E-state index in [4.69, 9.17) is 0 Å². The zero-order valence-electron chi connectivity index (χ0n) is 14.2. The molecule has 2 atom stereocenters. The number of urea groups is 1. The highest BCUT2D eigenvalue weighted by Gasteiger charge is 2.28. The van der Waals surface area contributed by atoms with Crippen LogP contribution < -0.4 is 16.0 Å². The number of rotatable bonds is 6. The van der Waals surface area contributed by atoms with Crippen molar-refractivity contribution in [3.8, 4) is 0 Å². The van der Waals surface area contributed by atoms with Gasteiger partial charge in [0.15, 0.2) is 0 Å². The van der Waals surface area contributed by atoms with Gasteiger partial charge in [0.1, 0.15) is 0 Å². The van der Waals surface area contributed by atoms with Crippen LogP contribution in [0.5, 0.6) is 0 Å². The molecule has 0 aliphatic heterocycles. The van der Waals surface area contributed by atoms with E-state index in [1.165, 1.54) is 4.88 Å². The molecule has 3 N–H and O–H groups in total. The second kappa shape index (κ2) is 9.42. The highest BCUT2D eigenvalue weighted by atomic mass is 79.9. The number of amides is 3. The van der Waals surface area contributed by atoms with Crippen molar-refractivity contribution in [2.75, 3.05) is 6.54 Å². The second-order valence-corrected chi connectivity index (χ2v) is 9.13. The van der Waals surface area contributed by atoms with Gasteiger partial charge in [-0.3, -0.25) is 4.79 Å². The van der Waals surface area contributed by atoms with Crippen molar-refractivity contribution in [3.05, 3.63) is 20.8 Å². The first-order chi connectivity index (χ1) is 11.4. The molecule has 134 valence electrons. The molecular weight excluding hydrogens is 390 g/mol. The first-order valence-electron chi connectivity index (χ1n) is 8.53. The Balaban J connectivity index is 1.69. The van der Waals surface area contributed by atoms with Crippen molar-refractivity contribution >= 4 is 39.2 Å². The molecule has 2 rings (SSSR count). The summed E-state index contributed by atoms with van der Waals surface area (Å²) in [5.74, 6) is 0.120. The average molecular weight is 416 g/mol. The molecule has 5 nitrogen and oxygen atoms in total. The Morgan fingerprint density at radius 1 is 1.33 bits per heavy atom. The van der Waals surface area contributed by atoms with E-state index in [0.29, 0.717) is 6.54 Å². The smallest absolute Gasteiger partial charge is 0.315 e. The summed E-state index contributed by atoms with van der Waals surface area (Å²) in [7, 11) is 0. The molecule has 1 aromatic heterocycles. The van der Waals surface area contributed by atoms with Gasteiger partial charge in [-0.15, -0.1) is 11.3 Å². The van der Waals surface area contributed by atoms with Crippen LogP contribution in [0.25, 0.3) is 0 Å². The molecule has 1 heterocycles. The Hall–Kier alpha value is -1.08. The van der Waals surface area contributed by atoms with Crippen LogP contribution in [0.4, 0.5) is 4.79 Å². The molecule has 7 heteroatoms. The fraction of sp³-hybridized carbons (Fsp3) is 0.647. The van der Waals surface area contributed by atoms with E-state index in [2.05, 4.69) is 37.9 Å². The van der Waals surface area contributed by atoms with Crippen molar-refractivity contribution in [3.63, 3.8) is 0 Å². The normalized spacial score (nSPS) is 20.7. The third-order valence-electron chi connectivity index (χ3n) is 4.10. The van der Waals surface area contributed by atoms with E-state index in [-0.39, 0.29) is 29.9 Å². The van der Waals surface area contributed by atoms with Crippen molar-refractivity contribution in [2.45, 2.75) is 58.0 Å². The topological polar surface area (TPSA) is 70.2 Å². The van der Waals surface area contributed by atoms with Crippen molar-refractivity contribution < 1.29 is 9.59 Å². The lowest BCUT2D eigenvalue weighted by molar-refractivity contribution is -0.126. The van der Waals surface area contributed by atoms with Crippen LogP contribution in [-0.2, 0) is 11.2 Å². The van der Waals surface area contributed by atoms with E-state index in [9.17, 15) is 9.59 Å². The molecule has 0 spiro atoms. The number of halogens is 1. The zero-order valence-corrected chi connectivity index (χ0v) is 16.6. The van der Waals surface area contributed by atoms with Gasteiger partial charge in [0.2, 0.25) is 5.91 Å². The average Bonchev–Trinajstić information content (AvgIpc) is 2.92. The van der Waals surface area contributed by atoms with E-state index in [1.54, 1.807) is 11.3 Å². The van der Waals surface area contributed by atoms with E-state index in [0.717, 1.165) is 35.9 Å². The maximum atomic E-state index is 12.1. The lowest BCUT2D eigenvalue weighted by Crippen LogP contribution is -2.47. The van der Waals surface area contributed by atoms with Gasteiger partial charge in [0.25, 0.3) is 0 Å². The summed E-state index contributed by atoms with van der Waals surface area (Å²) in [6.45, 7) is 4.55. The van der Waals surface area contributed by atoms with E-state index < -0.39 is 0 Å². The molecule has 0 bridgehead atoms. The van der Waals surface area contributed by atoms with Gasteiger partial charge in [-0.2, -0.15) is 0 Å². The Bertz CT molecular complexity index is 562. The predicted octanol–water partition coefficient (Wildman–Crippen LogP) is 3.44. The highest BCUT2D eigenvalue weighted by Crippen LogP contribution is 2.25. The standard InChI is InChI=1S/C17H26BrN3O2S/c1-11(2)20-16(22)12-4-3-5-13(10-12)21-17(23)19-9-8-14-6-7-15(18)24-14/h6-7,11-13H,3-5,8-10H2,1-2H3,(H,20,22)(H2,19,21,23). The SMILES string of the molecule is CC(C)NC(=O)C1CCCC(NC(=O)NCCc2ccc(Br)s2)C1. The van der Waals surface area contributed by atoms with Crippen LogP contribution in [-0.4, -0.2) is 30.6 Å². The third kappa shape index (κ3) is 6.43. The Labute approximate surface area is 156 Å². The lowest BCUT2D eigenvalue weighted by Gasteiger charge is -2.29. The largest absolute Gasteiger partial charge is 0.354 e. The van der Waals surface area contributed by atoms with Gasteiger partial charge in [-0.25, -0.2) is 4.79 Å². The summed E-state index contributed by atoms with van der Waals surface area (Å²) in [6, 6.07) is 4.18. The van der Waals surface area contributed by atoms with Crippen LogP contribution in [0.2, 0.25) is 0 Å². The minimum Gasteiger partial charge on any atom is -0.354 e. The minimum atomic E-state index is -0.138. The molecule has 0 saturated heterocycles. The van der Waals surface area contributed by atoms with Gasteiger partial charge in [0, 0.05) is 29.4 Å². The molecule has 1 aliphatic carbocycles. The Kier molecular flexibility index (Phi) is 7.55. The monoisotopic (exact) mass is 415 g/mol.